The Kier molecular flexibility index (Phi) is 6.89. The zero-order chi connectivity index (χ0) is 20.0. The molecule has 1 aromatic rings. The molecule has 1 aliphatic carbocycles. The van der Waals surface area contributed by atoms with Gasteiger partial charge in [0.2, 0.25) is 0 Å². The predicted molar refractivity (Wildman–Crippen MR) is 108 cm³/mol. The molecule has 0 saturated heterocycles. The Labute approximate surface area is 162 Å². The first-order valence-electron chi connectivity index (χ1n) is 9.31. The highest BCUT2D eigenvalue weighted by Gasteiger charge is 2.25. The molecule has 0 aromatic heterocycles. The van der Waals surface area contributed by atoms with Crippen molar-refractivity contribution in [1.29, 1.82) is 0 Å². The van der Waals surface area contributed by atoms with E-state index in [-0.39, 0.29) is 23.0 Å². The Morgan fingerprint density at radius 1 is 1.33 bits per heavy atom. The van der Waals surface area contributed by atoms with Gasteiger partial charge >= 0.3 is 5.97 Å². The molecule has 4 heteroatoms. The molecule has 0 amide bonds. The third kappa shape index (κ3) is 6.31. The molecule has 0 aliphatic heterocycles. The molecule has 0 bridgehead atoms. The highest BCUT2D eigenvalue weighted by atomic mass is 16.5. The van der Waals surface area contributed by atoms with Gasteiger partial charge < -0.3 is 14.6 Å². The van der Waals surface area contributed by atoms with Crippen LogP contribution in [0.1, 0.15) is 56.8 Å². The van der Waals surface area contributed by atoms with E-state index in [1.807, 2.05) is 0 Å². The molecule has 1 atom stereocenters. The molecular formula is C23H30O4. The van der Waals surface area contributed by atoms with Gasteiger partial charge in [-0.05, 0) is 49.8 Å². The number of ether oxygens (including phenoxy) is 2. The van der Waals surface area contributed by atoms with E-state index in [0.717, 1.165) is 18.4 Å². The molecule has 0 heterocycles. The van der Waals surface area contributed by atoms with Gasteiger partial charge in [-0.15, -0.1) is 0 Å². The van der Waals surface area contributed by atoms with Gasteiger partial charge in [0.05, 0.1) is 12.7 Å². The number of carbonyl (C=O) groups excluding carboxylic acids is 1. The van der Waals surface area contributed by atoms with E-state index in [1.54, 1.807) is 6.07 Å². The van der Waals surface area contributed by atoms with Crippen LogP contribution in [-0.4, -0.2) is 24.3 Å². The molecule has 27 heavy (non-hydrogen) atoms. The zero-order valence-corrected chi connectivity index (χ0v) is 16.7. The van der Waals surface area contributed by atoms with Gasteiger partial charge in [-0.3, -0.25) is 0 Å². The summed E-state index contributed by atoms with van der Waals surface area (Å²) >= 11 is 0. The number of hydrogen-bond donors (Lipinski definition) is 1. The van der Waals surface area contributed by atoms with Crippen LogP contribution in [0, 0.1) is 5.41 Å². The quantitative estimate of drug-likeness (QED) is 0.557. The summed E-state index contributed by atoms with van der Waals surface area (Å²) in [6, 6.07) is 4.49. The summed E-state index contributed by atoms with van der Waals surface area (Å²) in [4.78, 5) is 12.7. The predicted octanol–water partition coefficient (Wildman–Crippen LogP) is 5.59. The number of rotatable bonds is 3. The molecule has 0 radical (unpaired) electrons. The second-order valence-electron chi connectivity index (χ2n) is 7.89. The standard InChI is InChI=1S/C23H30O4/c1-16-7-6-8-17(2)13-19(15-23(3,4)12-11-16)27-22(25)18-9-10-20(24)21(14-18)26-5/h8-12,14,19,24H,1,6-7,13,15H2,2-5H3/t19-/m0/s1. The monoisotopic (exact) mass is 370 g/mol. The molecule has 146 valence electrons. The van der Waals surface area contributed by atoms with Crippen molar-refractivity contribution < 1.29 is 19.4 Å². The van der Waals surface area contributed by atoms with Crippen molar-refractivity contribution in [2.45, 2.75) is 52.6 Å². The van der Waals surface area contributed by atoms with Gasteiger partial charge in [0.15, 0.2) is 11.5 Å². The van der Waals surface area contributed by atoms with Crippen LogP contribution < -0.4 is 4.74 Å². The van der Waals surface area contributed by atoms with E-state index in [2.05, 4.69) is 45.6 Å². The number of allylic oxidation sites excluding steroid dienone is 4. The van der Waals surface area contributed by atoms with Crippen molar-refractivity contribution in [2.75, 3.05) is 7.11 Å². The number of methoxy groups -OCH3 is 1. The van der Waals surface area contributed by atoms with Crippen LogP contribution >= 0.6 is 0 Å². The minimum absolute atomic E-state index is 0.00531. The van der Waals surface area contributed by atoms with Gasteiger partial charge in [-0.2, -0.15) is 0 Å². The van der Waals surface area contributed by atoms with E-state index < -0.39 is 5.97 Å². The molecule has 1 aliphatic rings. The smallest absolute Gasteiger partial charge is 0.338 e. The molecule has 2 rings (SSSR count). The molecule has 0 fully saturated rings. The fourth-order valence-corrected chi connectivity index (χ4v) is 3.21. The van der Waals surface area contributed by atoms with Crippen LogP contribution in [-0.2, 0) is 4.74 Å². The molecule has 0 saturated carbocycles. The Morgan fingerprint density at radius 3 is 2.78 bits per heavy atom. The summed E-state index contributed by atoms with van der Waals surface area (Å²) in [6.45, 7) is 10.5. The number of hydrogen-bond acceptors (Lipinski definition) is 4. The van der Waals surface area contributed by atoms with Crippen molar-refractivity contribution in [3.8, 4) is 11.5 Å². The molecule has 1 aromatic carbocycles. The van der Waals surface area contributed by atoms with Crippen LogP contribution in [0.4, 0.5) is 0 Å². The van der Waals surface area contributed by atoms with Gasteiger partial charge in [-0.25, -0.2) is 4.79 Å². The Morgan fingerprint density at radius 2 is 2.07 bits per heavy atom. The maximum absolute atomic E-state index is 12.7. The van der Waals surface area contributed by atoms with Gasteiger partial charge in [0.25, 0.3) is 0 Å². The number of esters is 1. The summed E-state index contributed by atoms with van der Waals surface area (Å²) in [6.07, 6.45) is 9.47. The largest absolute Gasteiger partial charge is 0.504 e. The first-order chi connectivity index (χ1) is 12.7. The number of phenols is 1. The first kappa shape index (κ1) is 20.8. The van der Waals surface area contributed by atoms with E-state index in [4.69, 9.17) is 9.47 Å². The normalized spacial score (nSPS) is 20.4. The van der Waals surface area contributed by atoms with E-state index in [1.165, 1.54) is 24.8 Å². The van der Waals surface area contributed by atoms with Crippen LogP contribution in [0.15, 0.2) is 54.2 Å². The summed E-state index contributed by atoms with van der Waals surface area (Å²) in [5.41, 5.74) is 2.56. The second kappa shape index (κ2) is 8.94. The van der Waals surface area contributed by atoms with Crippen molar-refractivity contribution >= 4 is 5.97 Å². The lowest BCUT2D eigenvalue weighted by atomic mass is 9.84. The molecular weight excluding hydrogens is 340 g/mol. The number of aromatic hydroxyl groups is 1. The van der Waals surface area contributed by atoms with Crippen molar-refractivity contribution in [3.63, 3.8) is 0 Å². The first-order valence-corrected chi connectivity index (χ1v) is 9.31. The Bertz CT molecular complexity index is 756. The summed E-state index contributed by atoms with van der Waals surface area (Å²) in [5.74, 6) is -0.163. The van der Waals surface area contributed by atoms with Gasteiger partial charge in [0.1, 0.15) is 6.10 Å². The molecule has 0 spiro atoms. The molecule has 0 unspecified atom stereocenters. The van der Waals surface area contributed by atoms with Crippen molar-refractivity contribution in [2.24, 2.45) is 5.41 Å². The summed E-state index contributed by atoms with van der Waals surface area (Å²) < 4.78 is 10.9. The minimum Gasteiger partial charge on any atom is -0.504 e. The average molecular weight is 370 g/mol. The lowest BCUT2D eigenvalue weighted by molar-refractivity contribution is 0.0221. The third-order valence-corrected chi connectivity index (χ3v) is 4.72. The Balaban J connectivity index is 2.22. The number of carbonyl (C=O) groups is 1. The van der Waals surface area contributed by atoms with Crippen LogP contribution in [0.3, 0.4) is 0 Å². The second-order valence-corrected chi connectivity index (χ2v) is 7.89. The third-order valence-electron chi connectivity index (χ3n) is 4.72. The highest BCUT2D eigenvalue weighted by molar-refractivity contribution is 5.90. The van der Waals surface area contributed by atoms with Crippen molar-refractivity contribution in [1.82, 2.24) is 0 Å². The summed E-state index contributed by atoms with van der Waals surface area (Å²) in [5, 5.41) is 9.72. The van der Waals surface area contributed by atoms with E-state index in [0.29, 0.717) is 18.4 Å². The fourth-order valence-electron chi connectivity index (χ4n) is 3.21. The zero-order valence-electron chi connectivity index (χ0n) is 16.7. The Hall–Kier alpha value is -2.49. The summed E-state index contributed by atoms with van der Waals surface area (Å²) in [7, 11) is 1.45. The topological polar surface area (TPSA) is 55.8 Å². The van der Waals surface area contributed by atoms with Gasteiger partial charge in [-0.1, -0.05) is 49.8 Å². The maximum Gasteiger partial charge on any atom is 0.338 e. The van der Waals surface area contributed by atoms with E-state index in [9.17, 15) is 9.90 Å². The van der Waals surface area contributed by atoms with Crippen LogP contribution in [0.2, 0.25) is 0 Å². The number of benzene rings is 1. The maximum atomic E-state index is 12.7. The van der Waals surface area contributed by atoms with E-state index >= 15 is 0 Å². The SMILES string of the molecule is C=C1C=CC(C)(C)C[C@@H](OC(=O)c2ccc(O)c(OC)c2)CC(C)=CCC1. The van der Waals surface area contributed by atoms with Crippen molar-refractivity contribution in [3.05, 3.63) is 59.7 Å². The molecule has 4 nitrogen and oxygen atoms in total. The number of phenolic OH excluding ortho intramolecular Hbond substituents is 1. The highest BCUT2D eigenvalue weighted by Crippen LogP contribution is 2.31. The molecule has 1 N–H and O–H groups in total. The minimum atomic E-state index is -0.412. The van der Waals surface area contributed by atoms with Crippen LogP contribution in [0.25, 0.3) is 0 Å². The van der Waals surface area contributed by atoms with Gasteiger partial charge in [0, 0.05) is 6.42 Å². The average Bonchev–Trinajstić information content (AvgIpc) is 2.61. The lowest BCUT2D eigenvalue weighted by Crippen LogP contribution is -2.25. The lowest BCUT2D eigenvalue weighted by Gasteiger charge is -2.27. The van der Waals surface area contributed by atoms with Crippen LogP contribution in [0.5, 0.6) is 11.5 Å². The fraction of sp³-hybridized carbons (Fsp3) is 0.435.